The van der Waals surface area contributed by atoms with Gasteiger partial charge in [-0.05, 0) is 31.7 Å². The van der Waals surface area contributed by atoms with Crippen LogP contribution >= 0.6 is 0 Å². The van der Waals surface area contributed by atoms with Gasteiger partial charge in [0, 0.05) is 6.04 Å². The molecule has 1 aliphatic heterocycles. The molecule has 50 valence electrons. The quantitative estimate of drug-likeness (QED) is 0.479. The first-order valence-corrected chi connectivity index (χ1v) is 3.85. The van der Waals surface area contributed by atoms with Gasteiger partial charge in [-0.3, -0.25) is 0 Å². The fourth-order valence-corrected chi connectivity index (χ4v) is 1.89. The second kappa shape index (κ2) is 2.14. The minimum Gasteiger partial charge on any atom is -0.313 e. The second-order valence-electron chi connectivity index (χ2n) is 3.05. The lowest BCUT2D eigenvalue weighted by Gasteiger charge is -2.19. The molecule has 1 nitrogen and oxygen atoms in total. The van der Waals surface area contributed by atoms with Crippen LogP contribution in [0.15, 0.2) is 12.2 Å². The van der Waals surface area contributed by atoms with Gasteiger partial charge in [0.25, 0.3) is 0 Å². The number of fused-ring (bicyclic) bond motifs is 1. The summed E-state index contributed by atoms with van der Waals surface area (Å²) in [6.07, 6.45) is 8.62. The van der Waals surface area contributed by atoms with Gasteiger partial charge in [-0.25, -0.2) is 0 Å². The number of nitrogens with one attached hydrogen (secondary N) is 1. The van der Waals surface area contributed by atoms with Crippen LogP contribution in [0.2, 0.25) is 0 Å². The third-order valence-electron chi connectivity index (χ3n) is 2.49. The molecule has 0 radical (unpaired) electrons. The topological polar surface area (TPSA) is 12.0 Å². The molecule has 9 heavy (non-hydrogen) atoms. The molecule has 1 heterocycles. The predicted molar refractivity (Wildman–Crippen MR) is 38.3 cm³/mol. The van der Waals surface area contributed by atoms with Crippen molar-refractivity contribution in [1.82, 2.24) is 5.32 Å². The van der Waals surface area contributed by atoms with E-state index in [9.17, 15) is 0 Å². The molecule has 0 aromatic rings. The first kappa shape index (κ1) is 5.48. The molecule has 1 aliphatic carbocycles. The molecule has 0 aromatic heterocycles. The van der Waals surface area contributed by atoms with Gasteiger partial charge < -0.3 is 5.32 Å². The van der Waals surface area contributed by atoms with E-state index in [4.69, 9.17) is 0 Å². The van der Waals surface area contributed by atoms with Crippen LogP contribution in [-0.2, 0) is 0 Å². The molecule has 2 aliphatic rings. The van der Waals surface area contributed by atoms with Crippen molar-refractivity contribution >= 4 is 0 Å². The Kier molecular flexibility index (Phi) is 1.31. The molecule has 0 amide bonds. The Morgan fingerprint density at radius 1 is 1.22 bits per heavy atom. The van der Waals surface area contributed by atoms with Crippen LogP contribution in [0.5, 0.6) is 0 Å². The van der Waals surface area contributed by atoms with E-state index >= 15 is 0 Å². The molecule has 0 unspecified atom stereocenters. The van der Waals surface area contributed by atoms with Crippen molar-refractivity contribution in [2.45, 2.75) is 25.3 Å². The Morgan fingerprint density at radius 3 is 3.00 bits per heavy atom. The first-order chi connectivity index (χ1) is 4.47. The zero-order valence-electron chi connectivity index (χ0n) is 5.64. The maximum absolute atomic E-state index is 3.51. The minimum absolute atomic E-state index is 0.829. The third-order valence-corrected chi connectivity index (χ3v) is 2.49. The Labute approximate surface area is 56.1 Å². The van der Waals surface area contributed by atoms with Crippen LogP contribution in [0, 0.1) is 5.92 Å². The van der Waals surface area contributed by atoms with Crippen LogP contribution < -0.4 is 5.32 Å². The first-order valence-electron chi connectivity index (χ1n) is 3.85. The van der Waals surface area contributed by atoms with Crippen LogP contribution in [0.4, 0.5) is 0 Å². The van der Waals surface area contributed by atoms with Gasteiger partial charge in [0.2, 0.25) is 0 Å². The van der Waals surface area contributed by atoms with Crippen LogP contribution in [-0.4, -0.2) is 12.6 Å². The summed E-state index contributed by atoms with van der Waals surface area (Å²) in [5, 5.41) is 3.51. The van der Waals surface area contributed by atoms with Gasteiger partial charge in [0.1, 0.15) is 0 Å². The van der Waals surface area contributed by atoms with Gasteiger partial charge >= 0.3 is 0 Å². The number of rotatable bonds is 0. The highest BCUT2D eigenvalue weighted by Gasteiger charge is 2.26. The van der Waals surface area contributed by atoms with Gasteiger partial charge in [-0.2, -0.15) is 0 Å². The van der Waals surface area contributed by atoms with E-state index < -0.39 is 0 Å². The van der Waals surface area contributed by atoms with E-state index in [1.54, 1.807) is 0 Å². The summed E-state index contributed by atoms with van der Waals surface area (Å²) in [4.78, 5) is 0. The van der Waals surface area contributed by atoms with E-state index in [0.29, 0.717) is 0 Å². The van der Waals surface area contributed by atoms with E-state index in [1.807, 2.05) is 0 Å². The monoisotopic (exact) mass is 123 g/mol. The van der Waals surface area contributed by atoms with Crippen molar-refractivity contribution in [3.63, 3.8) is 0 Å². The number of hydrogen-bond acceptors (Lipinski definition) is 1. The molecular formula is C8H13N. The second-order valence-corrected chi connectivity index (χ2v) is 3.05. The summed E-state index contributed by atoms with van der Waals surface area (Å²) in [7, 11) is 0. The molecule has 0 saturated carbocycles. The molecule has 1 saturated heterocycles. The van der Waals surface area contributed by atoms with Crippen molar-refractivity contribution in [3.05, 3.63) is 12.2 Å². The van der Waals surface area contributed by atoms with Crippen molar-refractivity contribution in [1.29, 1.82) is 0 Å². The predicted octanol–water partition coefficient (Wildman–Crippen LogP) is 1.31. The number of allylic oxidation sites excluding steroid dienone is 1. The Hall–Kier alpha value is -0.300. The highest BCUT2D eigenvalue weighted by atomic mass is 14.9. The fourth-order valence-electron chi connectivity index (χ4n) is 1.89. The summed E-state index contributed by atoms with van der Waals surface area (Å²) in [5.74, 6) is 0.968. The molecule has 2 rings (SSSR count). The van der Waals surface area contributed by atoms with Crippen LogP contribution in [0.3, 0.4) is 0 Å². The Bertz CT molecular complexity index is 115. The van der Waals surface area contributed by atoms with E-state index in [-0.39, 0.29) is 0 Å². The largest absolute Gasteiger partial charge is 0.313 e. The summed E-state index contributed by atoms with van der Waals surface area (Å²) in [6.45, 7) is 1.25. The highest BCUT2D eigenvalue weighted by molar-refractivity contribution is 5.00. The normalized spacial score (nSPS) is 40.9. The van der Waals surface area contributed by atoms with E-state index in [1.165, 1.54) is 25.8 Å². The molecule has 0 spiro atoms. The van der Waals surface area contributed by atoms with E-state index in [2.05, 4.69) is 17.5 Å². The maximum Gasteiger partial charge on any atom is 0.0133 e. The Morgan fingerprint density at radius 2 is 2.11 bits per heavy atom. The summed E-state index contributed by atoms with van der Waals surface area (Å²) < 4.78 is 0. The lowest BCUT2D eigenvalue weighted by atomic mass is 9.90. The standard InChI is InChI=1S/C8H13N/c1-2-4-8-7(3-1)5-6-9-8/h1-2,7-9H,3-6H2/t7-,8+/m0/s1. The average Bonchev–Trinajstić information content (AvgIpc) is 2.33. The molecule has 0 aromatic carbocycles. The zero-order chi connectivity index (χ0) is 6.10. The maximum atomic E-state index is 3.51. The molecule has 0 bridgehead atoms. The average molecular weight is 123 g/mol. The SMILES string of the molecule is C1=CC[C@H]2NCC[C@@H]2C1. The van der Waals surface area contributed by atoms with Gasteiger partial charge in [-0.15, -0.1) is 0 Å². The lowest BCUT2D eigenvalue weighted by Crippen LogP contribution is -2.27. The molecular weight excluding hydrogens is 110 g/mol. The summed E-state index contributed by atoms with van der Waals surface area (Å²) in [6, 6.07) is 0.829. The van der Waals surface area contributed by atoms with Crippen LogP contribution in [0.25, 0.3) is 0 Å². The van der Waals surface area contributed by atoms with E-state index in [0.717, 1.165) is 12.0 Å². The van der Waals surface area contributed by atoms with Crippen molar-refractivity contribution < 1.29 is 0 Å². The molecule has 2 atom stereocenters. The molecule has 1 heteroatoms. The third kappa shape index (κ3) is 0.897. The summed E-state index contributed by atoms with van der Waals surface area (Å²) in [5.41, 5.74) is 0. The summed E-state index contributed by atoms with van der Waals surface area (Å²) >= 11 is 0. The number of hydrogen-bond donors (Lipinski definition) is 1. The van der Waals surface area contributed by atoms with Crippen LogP contribution in [0.1, 0.15) is 19.3 Å². The van der Waals surface area contributed by atoms with Crippen molar-refractivity contribution in [3.8, 4) is 0 Å². The van der Waals surface area contributed by atoms with Gasteiger partial charge in [0.15, 0.2) is 0 Å². The highest BCUT2D eigenvalue weighted by Crippen LogP contribution is 2.25. The smallest absolute Gasteiger partial charge is 0.0133 e. The van der Waals surface area contributed by atoms with Crippen molar-refractivity contribution in [2.75, 3.05) is 6.54 Å². The lowest BCUT2D eigenvalue weighted by molar-refractivity contribution is 0.439. The molecule has 1 fully saturated rings. The van der Waals surface area contributed by atoms with Crippen molar-refractivity contribution in [2.24, 2.45) is 5.92 Å². The van der Waals surface area contributed by atoms with Gasteiger partial charge in [0.05, 0.1) is 0 Å². The fraction of sp³-hybridized carbons (Fsp3) is 0.750. The minimum atomic E-state index is 0.829. The van der Waals surface area contributed by atoms with Gasteiger partial charge in [-0.1, -0.05) is 12.2 Å². The Balaban J connectivity index is 2.07. The molecule has 1 N–H and O–H groups in total. The zero-order valence-corrected chi connectivity index (χ0v) is 5.64.